The molecule has 0 saturated carbocycles. The predicted octanol–water partition coefficient (Wildman–Crippen LogP) is -4.49. The van der Waals surface area contributed by atoms with Crippen molar-refractivity contribution in [1.82, 2.24) is 0 Å². The number of nitriles is 1. The summed E-state index contributed by atoms with van der Waals surface area (Å²) < 4.78 is 0. The number of quaternary nitrogens is 1. The monoisotopic (exact) mass is 136 g/mol. The molecule has 0 amide bonds. The SMILES string of the molecule is N#CC[C@@H](O)C[NH3+].[Cl-]. The quantitative estimate of drug-likeness (QED) is 0.402. The highest BCUT2D eigenvalue weighted by molar-refractivity contribution is 4.73. The van der Waals surface area contributed by atoms with Crippen LogP contribution in [-0.2, 0) is 0 Å². The average molecular weight is 137 g/mol. The minimum Gasteiger partial charge on any atom is -1.00 e. The molecule has 0 aliphatic carbocycles. The van der Waals surface area contributed by atoms with Crippen molar-refractivity contribution < 1.29 is 23.2 Å². The summed E-state index contributed by atoms with van der Waals surface area (Å²) in [5.41, 5.74) is 3.40. The summed E-state index contributed by atoms with van der Waals surface area (Å²) in [5, 5.41) is 16.5. The van der Waals surface area contributed by atoms with E-state index in [1.165, 1.54) is 0 Å². The number of hydrogen-bond acceptors (Lipinski definition) is 2. The molecule has 0 aromatic carbocycles. The van der Waals surface area contributed by atoms with Gasteiger partial charge in [-0.3, -0.25) is 0 Å². The van der Waals surface area contributed by atoms with E-state index in [-0.39, 0.29) is 18.8 Å². The molecule has 0 spiro atoms. The van der Waals surface area contributed by atoms with Gasteiger partial charge in [-0.05, 0) is 0 Å². The Balaban J connectivity index is 0. The van der Waals surface area contributed by atoms with Gasteiger partial charge >= 0.3 is 0 Å². The van der Waals surface area contributed by atoms with Gasteiger partial charge in [0.1, 0.15) is 12.6 Å². The van der Waals surface area contributed by atoms with E-state index in [9.17, 15) is 0 Å². The van der Waals surface area contributed by atoms with Crippen LogP contribution in [0.1, 0.15) is 6.42 Å². The van der Waals surface area contributed by atoms with Gasteiger partial charge in [0.25, 0.3) is 0 Å². The average Bonchev–Trinajstić information content (AvgIpc) is 1.68. The van der Waals surface area contributed by atoms with Crippen LogP contribution in [-0.4, -0.2) is 17.8 Å². The topological polar surface area (TPSA) is 71.7 Å². The molecule has 4 N–H and O–H groups in total. The largest absolute Gasteiger partial charge is 1.00 e. The zero-order valence-electron chi connectivity index (χ0n) is 4.47. The lowest BCUT2D eigenvalue weighted by Crippen LogP contribution is -3.00. The summed E-state index contributed by atoms with van der Waals surface area (Å²) in [7, 11) is 0. The molecule has 0 rings (SSSR count). The first kappa shape index (κ1) is 10.6. The molecular formula is C4H9ClN2O. The summed E-state index contributed by atoms with van der Waals surface area (Å²) >= 11 is 0. The number of rotatable bonds is 2. The van der Waals surface area contributed by atoms with Crippen molar-refractivity contribution >= 4 is 0 Å². The highest BCUT2D eigenvalue weighted by Gasteiger charge is 1.98. The van der Waals surface area contributed by atoms with Gasteiger partial charge in [-0.15, -0.1) is 0 Å². The van der Waals surface area contributed by atoms with Crippen LogP contribution in [0.3, 0.4) is 0 Å². The van der Waals surface area contributed by atoms with Crippen molar-refractivity contribution in [2.45, 2.75) is 12.5 Å². The highest BCUT2D eigenvalue weighted by atomic mass is 35.5. The maximum atomic E-state index is 8.57. The molecule has 0 fully saturated rings. The third-order valence-electron chi connectivity index (χ3n) is 0.660. The Kier molecular flexibility index (Phi) is 8.91. The Morgan fingerprint density at radius 3 is 2.38 bits per heavy atom. The summed E-state index contributed by atoms with van der Waals surface area (Å²) in [6.07, 6.45) is -0.325. The molecular weight excluding hydrogens is 128 g/mol. The van der Waals surface area contributed by atoms with Crippen molar-refractivity contribution in [1.29, 1.82) is 5.26 Å². The first-order valence-electron chi connectivity index (χ1n) is 2.15. The molecule has 0 aliphatic heterocycles. The molecule has 0 aromatic rings. The molecule has 0 bridgehead atoms. The van der Waals surface area contributed by atoms with Crippen LogP contribution in [0.5, 0.6) is 0 Å². The predicted molar refractivity (Wildman–Crippen MR) is 24.0 cm³/mol. The molecule has 48 valence electrons. The second kappa shape index (κ2) is 6.70. The second-order valence-corrected chi connectivity index (χ2v) is 1.30. The van der Waals surface area contributed by atoms with Crippen molar-refractivity contribution in [2.24, 2.45) is 0 Å². The first-order valence-corrected chi connectivity index (χ1v) is 2.15. The highest BCUT2D eigenvalue weighted by Crippen LogP contribution is 1.81. The Hall–Kier alpha value is -0.300. The van der Waals surface area contributed by atoms with E-state index in [4.69, 9.17) is 10.4 Å². The van der Waals surface area contributed by atoms with Gasteiger partial charge in [-0.1, -0.05) is 0 Å². The zero-order chi connectivity index (χ0) is 5.70. The smallest absolute Gasteiger partial charge is 0.116 e. The van der Waals surface area contributed by atoms with Crippen LogP contribution < -0.4 is 18.1 Å². The Morgan fingerprint density at radius 1 is 1.75 bits per heavy atom. The second-order valence-electron chi connectivity index (χ2n) is 1.30. The fourth-order valence-corrected chi connectivity index (χ4v) is 0.207. The number of aliphatic hydroxyl groups excluding tert-OH is 1. The van der Waals surface area contributed by atoms with E-state index in [0.29, 0.717) is 6.54 Å². The van der Waals surface area contributed by atoms with Crippen LogP contribution >= 0.6 is 0 Å². The van der Waals surface area contributed by atoms with E-state index >= 15 is 0 Å². The molecule has 0 heterocycles. The van der Waals surface area contributed by atoms with Gasteiger partial charge in [-0.2, -0.15) is 5.26 Å². The maximum Gasteiger partial charge on any atom is 0.116 e. The summed E-state index contributed by atoms with van der Waals surface area (Å²) in [4.78, 5) is 0. The minimum atomic E-state index is -0.523. The molecule has 0 radical (unpaired) electrons. The van der Waals surface area contributed by atoms with Crippen LogP contribution in [0.25, 0.3) is 0 Å². The molecule has 0 saturated heterocycles. The lowest BCUT2D eigenvalue weighted by Gasteiger charge is -1.93. The van der Waals surface area contributed by atoms with Gasteiger partial charge < -0.3 is 23.2 Å². The van der Waals surface area contributed by atoms with Crippen LogP contribution in [0.4, 0.5) is 0 Å². The standard InChI is InChI=1S/C4H8N2O.ClH/c5-2-1-4(7)3-6;/h4,7H,1,3,6H2;1H/t4-;/m1./s1. The minimum absolute atomic E-state index is 0. The zero-order valence-corrected chi connectivity index (χ0v) is 5.23. The van der Waals surface area contributed by atoms with E-state index in [0.717, 1.165) is 0 Å². The van der Waals surface area contributed by atoms with Gasteiger partial charge in [0.15, 0.2) is 0 Å². The summed E-state index contributed by atoms with van der Waals surface area (Å²) in [6.45, 7) is 0.424. The molecule has 0 aromatic heterocycles. The van der Waals surface area contributed by atoms with Crippen LogP contribution in [0.2, 0.25) is 0 Å². The van der Waals surface area contributed by atoms with E-state index in [2.05, 4.69) is 5.73 Å². The van der Waals surface area contributed by atoms with E-state index in [1.54, 1.807) is 0 Å². The van der Waals surface area contributed by atoms with E-state index < -0.39 is 6.10 Å². The molecule has 0 aliphatic rings. The summed E-state index contributed by atoms with van der Waals surface area (Å²) in [5.74, 6) is 0. The van der Waals surface area contributed by atoms with Gasteiger partial charge in [-0.25, -0.2) is 0 Å². The van der Waals surface area contributed by atoms with Crippen molar-refractivity contribution in [3.63, 3.8) is 0 Å². The Bertz CT molecular complexity index is 80.6. The molecule has 4 heteroatoms. The Morgan fingerprint density at radius 2 is 2.25 bits per heavy atom. The summed E-state index contributed by atoms with van der Waals surface area (Å²) in [6, 6.07) is 1.83. The number of aliphatic hydroxyl groups is 1. The van der Waals surface area contributed by atoms with Crippen molar-refractivity contribution in [2.75, 3.05) is 6.54 Å². The third kappa shape index (κ3) is 5.70. The molecule has 0 unspecified atom stereocenters. The van der Waals surface area contributed by atoms with Crippen LogP contribution in [0.15, 0.2) is 0 Å². The molecule has 1 atom stereocenters. The van der Waals surface area contributed by atoms with E-state index in [1.807, 2.05) is 6.07 Å². The fourth-order valence-electron chi connectivity index (χ4n) is 0.207. The molecule has 3 nitrogen and oxygen atoms in total. The number of nitrogens with zero attached hydrogens (tertiary/aromatic N) is 1. The maximum absolute atomic E-state index is 8.57. The van der Waals surface area contributed by atoms with Crippen molar-refractivity contribution in [3.8, 4) is 6.07 Å². The fraction of sp³-hybridized carbons (Fsp3) is 0.750. The molecule has 8 heavy (non-hydrogen) atoms. The lowest BCUT2D eigenvalue weighted by atomic mass is 10.3. The number of halogens is 1. The van der Waals surface area contributed by atoms with Crippen molar-refractivity contribution in [3.05, 3.63) is 0 Å². The number of hydrogen-bond donors (Lipinski definition) is 2. The van der Waals surface area contributed by atoms with Crippen LogP contribution in [0, 0.1) is 11.3 Å². The van der Waals surface area contributed by atoms with Gasteiger partial charge in [0, 0.05) is 0 Å². The van der Waals surface area contributed by atoms with Gasteiger partial charge in [0.05, 0.1) is 12.5 Å². The first-order chi connectivity index (χ1) is 3.31. The normalized spacial score (nSPS) is 11.1. The lowest BCUT2D eigenvalue weighted by molar-refractivity contribution is -0.383. The van der Waals surface area contributed by atoms with Gasteiger partial charge in [0.2, 0.25) is 0 Å². The Labute approximate surface area is 54.5 Å². The third-order valence-corrected chi connectivity index (χ3v) is 0.660.